The highest BCUT2D eigenvalue weighted by molar-refractivity contribution is 6.29. The van der Waals surface area contributed by atoms with Crippen molar-refractivity contribution >= 4 is 17.4 Å². The number of hydrogen-bond acceptors (Lipinski definition) is 4. The Balaban J connectivity index is 2.33. The molecule has 0 radical (unpaired) electrons. The van der Waals surface area contributed by atoms with Crippen molar-refractivity contribution < 1.29 is 9.94 Å². The molecule has 0 aliphatic rings. The second-order valence-electron chi connectivity index (χ2n) is 3.55. The molecule has 0 amide bonds. The third-order valence-corrected chi connectivity index (χ3v) is 2.26. The normalized spacial score (nSPS) is 11.3. The minimum absolute atomic E-state index is 0.0730. The molecule has 0 atom stereocenters. The van der Waals surface area contributed by atoms with Crippen LogP contribution in [0.4, 0.5) is 0 Å². The standard InChI is InChI=1S/C12H16ClN3O2/c1-9(13)8-15-6-7-18-11-4-2-10(3-5-11)12(14)16-17/h2-5,15,17H,1,6-8H2,(H2,14,16). The first-order valence-corrected chi connectivity index (χ1v) is 5.76. The minimum Gasteiger partial charge on any atom is -0.492 e. The largest absolute Gasteiger partial charge is 0.492 e. The first-order chi connectivity index (χ1) is 8.63. The third-order valence-electron chi connectivity index (χ3n) is 2.12. The molecule has 0 aromatic heterocycles. The third kappa shape index (κ3) is 5.07. The van der Waals surface area contributed by atoms with E-state index in [0.29, 0.717) is 30.3 Å². The fraction of sp³-hybridized carbons (Fsp3) is 0.250. The molecule has 1 aromatic rings. The SMILES string of the molecule is C=C(Cl)CNCCOc1ccc(/C(N)=N\O)cc1. The predicted molar refractivity (Wildman–Crippen MR) is 72.3 cm³/mol. The van der Waals surface area contributed by atoms with Crippen molar-refractivity contribution in [2.45, 2.75) is 0 Å². The summed E-state index contributed by atoms with van der Waals surface area (Å²) in [4.78, 5) is 0. The predicted octanol–water partition coefficient (Wildman–Crippen LogP) is 1.50. The van der Waals surface area contributed by atoms with Gasteiger partial charge in [-0.15, -0.1) is 0 Å². The Morgan fingerprint density at radius 1 is 1.44 bits per heavy atom. The minimum atomic E-state index is 0.0730. The van der Waals surface area contributed by atoms with Crippen LogP contribution in [-0.2, 0) is 0 Å². The Labute approximate surface area is 111 Å². The highest BCUT2D eigenvalue weighted by atomic mass is 35.5. The molecule has 98 valence electrons. The Morgan fingerprint density at radius 2 is 2.11 bits per heavy atom. The number of rotatable bonds is 7. The summed E-state index contributed by atoms with van der Waals surface area (Å²) >= 11 is 5.59. The molecule has 0 heterocycles. The van der Waals surface area contributed by atoms with Crippen LogP contribution in [-0.4, -0.2) is 30.7 Å². The molecule has 1 aromatic carbocycles. The second-order valence-corrected chi connectivity index (χ2v) is 4.09. The Hall–Kier alpha value is -1.72. The highest BCUT2D eigenvalue weighted by Gasteiger charge is 1.99. The van der Waals surface area contributed by atoms with Crippen LogP contribution in [0.1, 0.15) is 5.56 Å². The van der Waals surface area contributed by atoms with Gasteiger partial charge in [-0.25, -0.2) is 0 Å². The number of hydrogen-bond donors (Lipinski definition) is 3. The summed E-state index contributed by atoms with van der Waals surface area (Å²) in [6.45, 7) is 5.32. The van der Waals surface area contributed by atoms with Crippen LogP contribution in [0.3, 0.4) is 0 Å². The van der Waals surface area contributed by atoms with Crippen LogP contribution >= 0.6 is 11.6 Å². The number of amidine groups is 1. The maximum absolute atomic E-state index is 8.51. The number of nitrogens with two attached hydrogens (primary N) is 1. The summed E-state index contributed by atoms with van der Waals surface area (Å²) in [5.74, 6) is 0.792. The molecule has 1 rings (SSSR count). The van der Waals surface area contributed by atoms with Gasteiger partial charge in [0.1, 0.15) is 12.4 Å². The van der Waals surface area contributed by atoms with E-state index in [2.05, 4.69) is 17.1 Å². The maximum atomic E-state index is 8.51. The van der Waals surface area contributed by atoms with Crippen molar-refractivity contribution in [3.63, 3.8) is 0 Å². The molecular formula is C12H16ClN3O2. The quantitative estimate of drug-likeness (QED) is 0.230. The van der Waals surface area contributed by atoms with E-state index >= 15 is 0 Å². The maximum Gasteiger partial charge on any atom is 0.170 e. The zero-order chi connectivity index (χ0) is 13.4. The van der Waals surface area contributed by atoms with Crippen molar-refractivity contribution in [3.05, 3.63) is 41.4 Å². The van der Waals surface area contributed by atoms with Gasteiger partial charge in [0.2, 0.25) is 0 Å². The van der Waals surface area contributed by atoms with E-state index in [1.165, 1.54) is 0 Å². The molecule has 4 N–H and O–H groups in total. The van der Waals surface area contributed by atoms with Gasteiger partial charge >= 0.3 is 0 Å². The molecule has 0 bridgehead atoms. The number of nitrogens with one attached hydrogen (secondary N) is 1. The van der Waals surface area contributed by atoms with Gasteiger partial charge in [-0.05, 0) is 24.3 Å². The van der Waals surface area contributed by atoms with E-state index in [9.17, 15) is 0 Å². The molecule has 0 fully saturated rings. The van der Waals surface area contributed by atoms with Gasteiger partial charge < -0.3 is 21.0 Å². The van der Waals surface area contributed by atoms with Gasteiger partial charge in [0.15, 0.2) is 5.84 Å². The van der Waals surface area contributed by atoms with Crippen LogP contribution in [0.15, 0.2) is 41.0 Å². The first-order valence-electron chi connectivity index (χ1n) is 5.38. The van der Waals surface area contributed by atoms with Gasteiger partial charge in [0, 0.05) is 23.7 Å². The average molecular weight is 270 g/mol. The van der Waals surface area contributed by atoms with Crippen molar-refractivity contribution in [2.24, 2.45) is 10.9 Å². The van der Waals surface area contributed by atoms with Crippen LogP contribution < -0.4 is 15.8 Å². The van der Waals surface area contributed by atoms with Crippen molar-refractivity contribution in [1.29, 1.82) is 0 Å². The summed E-state index contributed by atoms with van der Waals surface area (Å²) in [7, 11) is 0. The summed E-state index contributed by atoms with van der Waals surface area (Å²) in [5.41, 5.74) is 6.08. The number of halogens is 1. The van der Waals surface area contributed by atoms with Crippen molar-refractivity contribution in [1.82, 2.24) is 5.32 Å². The molecule has 0 saturated carbocycles. The lowest BCUT2D eigenvalue weighted by atomic mass is 10.2. The van der Waals surface area contributed by atoms with E-state index in [1.54, 1.807) is 24.3 Å². The Kier molecular flexibility index (Phi) is 6.04. The lowest BCUT2D eigenvalue weighted by molar-refractivity contribution is 0.316. The van der Waals surface area contributed by atoms with E-state index < -0.39 is 0 Å². The zero-order valence-electron chi connectivity index (χ0n) is 9.90. The first kappa shape index (κ1) is 14.3. The number of nitrogens with zero attached hydrogens (tertiary/aromatic N) is 1. The Morgan fingerprint density at radius 3 is 2.67 bits per heavy atom. The second kappa shape index (κ2) is 7.58. The number of ether oxygens (including phenoxy) is 1. The monoisotopic (exact) mass is 269 g/mol. The summed E-state index contributed by atoms with van der Waals surface area (Å²) in [5, 5.41) is 15.1. The van der Waals surface area contributed by atoms with E-state index in [-0.39, 0.29) is 5.84 Å². The van der Waals surface area contributed by atoms with Gasteiger partial charge in [0.05, 0.1) is 0 Å². The van der Waals surface area contributed by atoms with Gasteiger partial charge in [-0.1, -0.05) is 23.3 Å². The van der Waals surface area contributed by atoms with Crippen LogP contribution in [0.5, 0.6) is 5.75 Å². The van der Waals surface area contributed by atoms with Crippen molar-refractivity contribution in [3.8, 4) is 5.75 Å². The van der Waals surface area contributed by atoms with Gasteiger partial charge in [-0.3, -0.25) is 0 Å². The number of benzene rings is 1. The van der Waals surface area contributed by atoms with Crippen LogP contribution in [0.2, 0.25) is 0 Å². The number of oxime groups is 1. The molecule has 0 aliphatic carbocycles. The van der Waals surface area contributed by atoms with Gasteiger partial charge in [-0.2, -0.15) is 0 Å². The van der Waals surface area contributed by atoms with Crippen LogP contribution in [0, 0.1) is 0 Å². The lowest BCUT2D eigenvalue weighted by Crippen LogP contribution is -2.22. The fourth-order valence-corrected chi connectivity index (χ4v) is 1.34. The topological polar surface area (TPSA) is 79.9 Å². The molecule has 5 nitrogen and oxygen atoms in total. The molecule has 6 heteroatoms. The summed E-state index contributed by atoms with van der Waals surface area (Å²) in [6, 6.07) is 6.96. The van der Waals surface area contributed by atoms with E-state index in [1.807, 2.05) is 0 Å². The highest BCUT2D eigenvalue weighted by Crippen LogP contribution is 2.11. The molecule has 0 spiro atoms. The molecule has 18 heavy (non-hydrogen) atoms. The molecule has 0 saturated heterocycles. The van der Waals surface area contributed by atoms with Crippen molar-refractivity contribution in [2.75, 3.05) is 19.7 Å². The average Bonchev–Trinajstić information content (AvgIpc) is 2.38. The van der Waals surface area contributed by atoms with E-state index in [4.69, 9.17) is 27.3 Å². The summed E-state index contributed by atoms with van der Waals surface area (Å²) < 4.78 is 5.48. The zero-order valence-corrected chi connectivity index (χ0v) is 10.7. The fourth-order valence-electron chi connectivity index (χ4n) is 1.24. The smallest absolute Gasteiger partial charge is 0.170 e. The molecule has 0 unspecified atom stereocenters. The summed E-state index contributed by atoms with van der Waals surface area (Å²) in [6.07, 6.45) is 0. The van der Waals surface area contributed by atoms with Gasteiger partial charge in [0.25, 0.3) is 0 Å². The van der Waals surface area contributed by atoms with E-state index in [0.717, 1.165) is 5.75 Å². The molecular weight excluding hydrogens is 254 g/mol. The molecule has 0 aliphatic heterocycles. The Bertz CT molecular complexity index is 418. The lowest BCUT2D eigenvalue weighted by Gasteiger charge is -2.07. The van der Waals surface area contributed by atoms with Crippen LogP contribution in [0.25, 0.3) is 0 Å².